The number of carbonyl (C=O) groups excluding carboxylic acids is 1. The maximum absolute atomic E-state index is 11.5. The summed E-state index contributed by atoms with van der Waals surface area (Å²) < 4.78 is 4.17. The van der Waals surface area contributed by atoms with Gasteiger partial charge in [-0.2, -0.15) is 0 Å². The summed E-state index contributed by atoms with van der Waals surface area (Å²) in [6, 6.07) is 8.78. The summed E-state index contributed by atoms with van der Waals surface area (Å²) in [5, 5.41) is 16.6. The highest BCUT2D eigenvalue weighted by molar-refractivity contribution is 6.01. The van der Waals surface area contributed by atoms with Crippen LogP contribution in [0.25, 0.3) is 0 Å². The number of benzene rings is 1. The molecule has 0 atom stereocenters. The minimum atomic E-state index is -0.558. The van der Waals surface area contributed by atoms with Crippen molar-refractivity contribution in [2.75, 3.05) is 5.32 Å². The highest BCUT2D eigenvalue weighted by atomic mass is 16.8. The molecule has 0 aliphatic heterocycles. The normalized spacial score (nSPS) is 9.87. The topological polar surface area (TPSA) is 82.1 Å². The van der Waals surface area contributed by atoms with Gasteiger partial charge in [-0.15, -0.1) is 0 Å². The van der Waals surface area contributed by atoms with Crippen molar-refractivity contribution in [2.24, 2.45) is 0 Å². The van der Waals surface area contributed by atoms with Crippen LogP contribution in [0.2, 0.25) is 0 Å². The Morgan fingerprint density at radius 2 is 2.13 bits per heavy atom. The van der Waals surface area contributed by atoms with Crippen molar-refractivity contribution in [1.29, 1.82) is 0 Å². The van der Waals surface area contributed by atoms with E-state index in [-0.39, 0.29) is 10.6 Å². The number of hydrogen-bond acceptors (Lipinski definition) is 4. The maximum Gasteiger partial charge on any atom is 0.303 e. The minimum absolute atomic E-state index is 0.0538. The number of para-hydroxylation sites is 1. The molecule has 0 bridgehead atoms. The number of aromatic nitrogens is 2. The van der Waals surface area contributed by atoms with Gasteiger partial charge in [0.05, 0.1) is 0 Å². The van der Waals surface area contributed by atoms with E-state index in [9.17, 15) is 10.0 Å². The van der Waals surface area contributed by atoms with Crippen LogP contribution in [0, 0.1) is 5.21 Å². The van der Waals surface area contributed by atoms with Gasteiger partial charge in [-0.1, -0.05) is 18.2 Å². The monoisotopic (exact) mass is 205 g/mol. The molecule has 1 aromatic carbocycles. The molecular formula is C9H7N3O3. The second kappa shape index (κ2) is 3.79. The number of nitrogens with zero attached hydrogens (tertiary/aromatic N) is 2. The average Bonchev–Trinajstić information content (AvgIpc) is 2.66. The van der Waals surface area contributed by atoms with Crippen LogP contribution in [0.5, 0.6) is 0 Å². The van der Waals surface area contributed by atoms with E-state index in [1.807, 2.05) is 6.07 Å². The molecule has 0 unspecified atom stereocenters. The van der Waals surface area contributed by atoms with Crippen LogP contribution in [0.15, 0.2) is 41.2 Å². The van der Waals surface area contributed by atoms with Crippen molar-refractivity contribution in [1.82, 2.24) is 5.16 Å². The van der Waals surface area contributed by atoms with Gasteiger partial charge in [-0.05, 0) is 17.0 Å². The first kappa shape index (κ1) is 9.20. The average molecular weight is 205 g/mol. The third kappa shape index (κ3) is 1.93. The second-order valence-corrected chi connectivity index (χ2v) is 2.78. The van der Waals surface area contributed by atoms with Gasteiger partial charge in [0.1, 0.15) is 0 Å². The quantitative estimate of drug-likeness (QED) is 0.726. The Morgan fingerprint density at radius 3 is 2.73 bits per heavy atom. The Labute approximate surface area is 84.7 Å². The van der Waals surface area contributed by atoms with Gasteiger partial charge >= 0.3 is 5.91 Å². The lowest BCUT2D eigenvalue weighted by molar-refractivity contribution is -0.803. The van der Waals surface area contributed by atoms with Crippen molar-refractivity contribution in [3.63, 3.8) is 0 Å². The van der Waals surface area contributed by atoms with Crippen LogP contribution in [-0.2, 0) is 0 Å². The third-order valence-corrected chi connectivity index (χ3v) is 1.76. The van der Waals surface area contributed by atoms with Gasteiger partial charge in [0.25, 0.3) is 5.69 Å². The fourth-order valence-corrected chi connectivity index (χ4v) is 1.07. The molecule has 6 heteroatoms. The van der Waals surface area contributed by atoms with Crippen LogP contribution in [0.4, 0.5) is 5.69 Å². The summed E-state index contributed by atoms with van der Waals surface area (Å²) in [7, 11) is 0. The fourth-order valence-electron chi connectivity index (χ4n) is 1.07. The molecule has 2 aromatic rings. The number of anilines is 1. The highest BCUT2D eigenvalue weighted by Gasteiger charge is 2.17. The van der Waals surface area contributed by atoms with Crippen molar-refractivity contribution < 1.29 is 14.3 Å². The number of carbonyl (C=O) groups is 1. The van der Waals surface area contributed by atoms with E-state index in [1.54, 1.807) is 24.3 Å². The Morgan fingerprint density at radius 1 is 1.40 bits per heavy atom. The lowest BCUT2D eigenvalue weighted by atomic mass is 10.3. The smallest absolute Gasteiger partial charge is 0.303 e. The van der Waals surface area contributed by atoms with E-state index in [0.29, 0.717) is 5.69 Å². The molecule has 0 aliphatic carbocycles. The second-order valence-electron chi connectivity index (χ2n) is 2.78. The first-order valence-electron chi connectivity index (χ1n) is 4.18. The highest BCUT2D eigenvalue weighted by Crippen LogP contribution is 2.06. The van der Waals surface area contributed by atoms with Crippen molar-refractivity contribution in [3.05, 3.63) is 47.4 Å². The lowest BCUT2D eigenvalue weighted by Crippen LogP contribution is -2.33. The van der Waals surface area contributed by atoms with Crippen LogP contribution >= 0.6 is 0 Å². The molecule has 0 saturated carbocycles. The number of nitrogens with one attached hydrogen (secondary N) is 1. The number of hydrogen-bond donors (Lipinski definition) is 1. The molecule has 0 aliphatic rings. The van der Waals surface area contributed by atoms with E-state index >= 15 is 0 Å². The third-order valence-electron chi connectivity index (χ3n) is 1.76. The largest absolute Gasteiger partial charge is 0.359 e. The Balaban J connectivity index is 2.15. The zero-order valence-corrected chi connectivity index (χ0v) is 7.58. The summed E-state index contributed by atoms with van der Waals surface area (Å²) in [6.45, 7) is 0. The Bertz CT molecular complexity index is 466. The molecule has 0 radical (unpaired) electrons. The molecule has 1 aromatic heterocycles. The summed E-state index contributed by atoms with van der Waals surface area (Å²) in [5.41, 5.74) is 0.419. The van der Waals surface area contributed by atoms with Crippen LogP contribution in [0.3, 0.4) is 0 Å². The Hall–Kier alpha value is -2.37. The fraction of sp³-hybridized carbons (Fsp3) is 0. The molecule has 0 spiro atoms. The summed E-state index contributed by atoms with van der Waals surface area (Å²) in [6.07, 6.45) is 1.06. The molecule has 1 heterocycles. The molecule has 1 amide bonds. The number of rotatable bonds is 2. The molecule has 15 heavy (non-hydrogen) atoms. The zero-order valence-electron chi connectivity index (χ0n) is 7.58. The summed E-state index contributed by atoms with van der Waals surface area (Å²) in [5.74, 6) is -0.558. The van der Waals surface area contributed by atoms with Crippen LogP contribution < -0.4 is 10.2 Å². The molecule has 1 N–H and O–H groups in total. The lowest BCUT2D eigenvalue weighted by Gasteiger charge is -2.00. The molecule has 2 rings (SSSR count). The minimum Gasteiger partial charge on any atom is -0.359 e. The molecule has 6 nitrogen and oxygen atoms in total. The Kier molecular flexibility index (Phi) is 2.32. The van der Waals surface area contributed by atoms with Gasteiger partial charge in [-0.25, -0.2) is 0 Å². The summed E-state index contributed by atoms with van der Waals surface area (Å²) >= 11 is 0. The zero-order chi connectivity index (χ0) is 10.7. The van der Waals surface area contributed by atoms with Crippen molar-refractivity contribution in [3.8, 4) is 0 Å². The first-order chi connectivity index (χ1) is 7.27. The van der Waals surface area contributed by atoms with Crippen molar-refractivity contribution in [2.45, 2.75) is 0 Å². The van der Waals surface area contributed by atoms with Crippen molar-refractivity contribution >= 4 is 11.6 Å². The molecule has 0 saturated heterocycles. The van der Waals surface area contributed by atoms with Crippen LogP contribution in [-0.4, -0.2) is 11.1 Å². The molecule has 76 valence electrons. The van der Waals surface area contributed by atoms with E-state index in [4.69, 9.17) is 0 Å². The number of amides is 1. The molecule has 0 fully saturated rings. The van der Waals surface area contributed by atoms with Gasteiger partial charge < -0.3 is 10.5 Å². The predicted molar refractivity (Wildman–Crippen MR) is 49.9 cm³/mol. The van der Waals surface area contributed by atoms with Gasteiger partial charge in [0.2, 0.25) is 6.20 Å². The van der Waals surface area contributed by atoms with Crippen LogP contribution in [0.1, 0.15) is 10.5 Å². The first-order valence-corrected chi connectivity index (χ1v) is 4.18. The van der Waals surface area contributed by atoms with E-state index in [2.05, 4.69) is 15.1 Å². The molecular weight excluding hydrogens is 198 g/mol. The predicted octanol–water partition coefficient (Wildman–Crippen LogP) is 0.560. The van der Waals surface area contributed by atoms with E-state index in [0.717, 1.165) is 6.20 Å². The summed E-state index contributed by atoms with van der Waals surface area (Å²) in [4.78, 5) is 11.5. The van der Waals surface area contributed by atoms with Gasteiger partial charge in [0.15, 0.2) is 0 Å². The van der Waals surface area contributed by atoms with E-state index in [1.165, 1.54) is 0 Å². The van der Waals surface area contributed by atoms with Gasteiger partial charge in [-0.3, -0.25) is 9.42 Å². The maximum atomic E-state index is 11.5. The van der Waals surface area contributed by atoms with Gasteiger partial charge in [0, 0.05) is 10.8 Å². The van der Waals surface area contributed by atoms with E-state index < -0.39 is 5.91 Å². The standard InChI is InChI=1S/C9H7N3O3/c13-9(8-6-10-15-12(8)14)11-7-4-2-1-3-5-7/h1-6H,(H,11,13). The SMILES string of the molecule is O=C(Nc1ccccc1)c1cno[n+]1[O-].